The van der Waals surface area contributed by atoms with Gasteiger partial charge in [-0.1, -0.05) is 0 Å². The largest absolute Gasteiger partial charge is 0.466 e. The molecule has 0 unspecified atom stereocenters. The fourth-order valence-corrected chi connectivity index (χ4v) is 2.21. The first-order valence-corrected chi connectivity index (χ1v) is 5.80. The van der Waals surface area contributed by atoms with Crippen LogP contribution in [0.5, 0.6) is 0 Å². The monoisotopic (exact) mass is 235 g/mol. The van der Waals surface area contributed by atoms with Gasteiger partial charge in [-0.25, -0.2) is 0 Å². The molecule has 1 fully saturated rings. The molecule has 0 N–H and O–H groups in total. The van der Waals surface area contributed by atoms with E-state index in [2.05, 4.69) is 0 Å². The van der Waals surface area contributed by atoms with E-state index < -0.39 is 5.54 Å². The van der Waals surface area contributed by atoms with Gasteiger partial charge < -0.3 is 9.32 Å². The predicted molar refractivity (Wildman–Crippen MR) is 62.6 cm³/mol. The first kappa shape index (κ1) is 11.9. The third kappa shape index (κ3) is 2.12. The van der Waals surface area contributed by atoms with E-state index in [0.29, 0.717) is 18.7 Å². The molecule has 0 bridgehead atoms. The Morgan fingerprint density at radius 2 is 2.18 bits per heavy atom. The summed E-state index contributed by atoms with van der Waals surface area (Å²) in [7, 11) is 0. The van der Waals surface area contributed by atoms with Crippen LogP contribution in [-0.2, 0) is 16.0 Å². The van der Waals surface area contributed by atoms with Gasteiger partial charge in [-0.05, 0) is 32.9 Å². The maximum Gasteiger partial charge on any atom is 0.231 e. The van der Waals surface area contributed by atoms with E-state index >= 15 is 0 Å². The van der Waals surface area contributed by atoms with Gasteiger partial charge in [-0.15, -0.1) is 0 Å². The van der Waals surface area contributed by atoms with Crippen LogP contribution in [0.15, 0.2) is 16.5 Å². The van der Waals surface area contributed by atoms with E-state index in [4.69, 9.17) is 4.42 Å². The van der Waals surface area contributed by atoms with Crippen LogP contribution in [0.3, 0.4) is 0 Å². The van der Waals surface area contributed by atoms with Crippen molar-refractivity contribution in [3.05, 3.63) is 23.7 Å². The molecule has 0 saturated carbocycles. The predicted octanol–water partition coefficient (Wildman–Crippen LogP) is 1.71. The SMILES string of the molecule is Cc1ccc(CC(=O)N2CCC(=O)C2(C)C)o1. The van der Waals surface area contributed by atoms with Crippen molar-refractivity contribution in [2.45, 2.75) is 39.2 Å². The number of amides is 1. The molecule has 4 nitrogen and oxygen atoms in total. The van der Waals surface area contributed by atoms with E-state index in [1.165, 1.54) is 0 Å². The fourth-order valence-electron chi connectivity index (χ4n) is 2.21. The molecule has 1 aliphatic rings. The highest BCUT2D eigenvalue weighted by Gasteiger charge is 2.42. The van der Waals surface area contributed by atoms with Crippen LogP contribution in [0.1, 0.15) is 31.8 Å². The van der Waals surface area contributed by atoms with Crippen LogP contribution >= 0.6 is 0 Å². The van der Waals surface area contributed by atoms with Crippen LogP contribution in [0.2, 0.25) is 0 Å². The second-order valence-electron chi connectivity index (χ2n) is 4.97. The number of carbonyl (C=O) groups excluding carboxylic acids is 2. The topological polar surface area (TPSA) is 50.5 Å². The van der Waals surface area contributed by atoms with Crippen molar-refractivity contribution < 1.29 is 14.0 Å². The van der Waals surface area contributed by atoms with Crippen molar-refractivity contribution >= 4 is 11.7 Å². The van der Waals surface area contributed by atoms with Gasteiger partial charge in [-0.3, -0.25) is 9.59 Å². The van der Waals surface area contributed by atoms with Crippen molar-refractivity contribution in [1.29, 1.82) is 0 Å². The smallest absolute Gasteiger partial charge is 0.231 e. The molecular weight excluding hydrogens is 218 g/mol. The summed E-state index contributed by atoms with van der Waals surface area (Å²) in [5.74, 6) is 1.53. The normalized spacial score (nSPS) is 18.8. The average Bonchev–Trinajstić information content (AvgIpc) is 2.73. The molecule has 1 aromatic rings. The maximum atomic E-state index is 12.1. The quantitative estimate of drug-likeness (QED) is 0.784. The summed E-state index contributed by atoms with van der Waals surface area (Å²) in [6.07, 6.45) is 0.681. The van der Waals surface area contributed by atoms with Gasteiger partial charge in [0.1, 0.15) is 11.5 Å². The second kappa shape index (κ2) is 4.02. The molecule has 0 aromatic carbocycles. The number of hydrogen-bond acceptors (Lipinski definition) is 3. The third-order valence-corrected chi connectivity index (χ3v) is 3.34. The van der Waals surface area contributed by atoms with Gasteiger partial charge in [0.15, 0.2) is 5.78 Å². The Balaban J connectivity index is 2.09. The molecule has 1 aromatic heterocycles. The minimum atomic E-state index is -0.668. The lowest BCUT2D eigenvalue weighted by atomic mass is 10.0. The third-order valence-electron chi connectivity index (χ3n) is 3.34. The Morgan fingerprint density at radius 1 is 1.47 bits per heavy atom. The molecular formula is C13H17NO3. The summed E-state index contributed by atoms with van der Waals surface area (Å²) >= 11 is 0. The van der Waals surface area contributed by atoms with Crippen molar-refractivity contribution in [3.63, 3.8) is 0 Å². The van der Waals surface area contributed by atoms with Crippen LogP contribution in [0.4, 0.5) is 0 Å². The highest BCUT2D eigenvalue weighted by atomic mass is 16.3. The second-order valence-corrected chi connectivity index (χ2v) is 4.97. The molecule has 2 rings (SSSR count). The minimum Gasteiger partial charge on any atom is -0.466 e. The van der Waals surface area contributed by atoms with E-state index in [9.17, 15) is 9.59 Å². The van der Waals surface area contributed by atoms with Crippen LogP contribution < -0.4 is 0 Å². The lowest BCUT2D eigenvalue weighted by molar-refractivity contribution is -0.138. The summed E-state index contributed by atoms with van der Waals surface area (Å²) in [5.41, 5.74) is -0.668. The number of carbonyl (C=O) groups is 2. The lowest BCUT2D eigenvalue weighted by Gasteiger charge is -2.29. The summed E-state index contributed by atoms with van der Waals surface area (Å²) in [6.45, 7) is 5.96. The molecule has 0 spiro atoms. The van der Waals surface area contributed by atoms with E-state index in [1.807, 2.05) is 13.0 Å². The zero-order chi connectivity index (χ0) is 12.6. The number of hydrogen-bond donors (Lipinski definition) is 0. The number of likely N-dealkylation sites (tertiary alicyclic amines) is 1. The zero-order valence-corrected chi connectivity index (χ0v) is 10.4. The van der Waals surface area contributed by atoms with Crippen molar-refractivity contribution in [2.24, 2.45) is 0 Å². The standard InChI is InChI=1S/C13H17NO3/c1-9-4-5-10(17-9)8-12(16)14-7-6-11(15)13(14,2)3/h4-5H,6-8H2,1-3H3. The molecule has 4 heteroatoms. The summed E-state index contributed by atoms with van der Waals surface area (Å²) in [4.78, 5) is 25.4. The summed E-state index contributed by atoms with van der Waals surface area (Å²) in [6, 6.07) is 3.64. The van der Waals surface area contributed by atoms with Gasteiger partial charge in [0.2, 0.25) is 5.91 Å². The van der Waals surface area contributed by atoms with Crippen molar-refractivity contribution in [2.75, 3.05) is 6.54 Å². The average molecular weight is 235 g/mol. The molecule has 2 heterocycles. The Labute approximate surface area is 101 Å². The highest BCUT2D eigenvalue weighted by molar-refractivity contribution is 5.95. The van der Waals surface area contributed by atoms with Gasteiger partial charge >= 0.3 is 0 Å². The Bertz CT molecular complexity index is 459. The number of ketones is 1. The molecule has 92 valence electrons. The van der Waals surface area contributed by atoms with E-state index in [1.54, 1.807) is 24.8 Å². The Morgan fingerprint density at radius 3 is 2.65 bits per heavy atom. The van der Waals surface area contributed by atoms with Gasteiger partial charge in [-0.2, -0.15) is 0 Å². The number of aryl methyl sites for hydroxylation is 1. The fraction of sp³-hybridized carbons (Fsp3) is 0.538. The molecule has 0 aliphatic carbocycles. The number of Topliss-reactive ketones (excluding diaryl/α,β-unsaturated/α-hetero) is 1. The first-order chi connectivity index (χ1) is 7.91. The maximum absolute atomic E-state index is 12.1. The lowest BCUT2D eigenvalue weighted by Crippen LogP contribution is -2.46. The molecule has 1 amide bonds. The molecule has 17 heavy (non-hydrogen) atoms. The molecule has 1 saturated heterocycles. The summed E-state index contributed by atoms with van der Waals surface area (Å²) in [5, 5.41) is 0. The first-order valence-electron chi connectivity index (χ1n) is 5.80. The number of rotatable bonds is 2. The van der Waals surface area contributed by atoms with Crippen LogP contribution in [0.25, 0.3) is 0 Å². The van der Waals surface area contributed by atoms with Gasteiger partial charge in [0.25, 0.3) is 0 Å². The summed E-state index contributed by atoms with van der Waals surface area (Å²) < 4.78 is 5.38. The Hall–Kier alpha value is -1.58. The zero-order valence-electron chi connectivity index (χ0n) is 10.4. The van der Waals surface area contributed by atoms with E-state index in [-0.39, 0.29) is 18.1 Å². The van der Waals surface area contributed by atoms with Gasteiger partial charge in [0, 0.05) is 13.0 Å². The van der Waals surface area contributed by atoms with Crippen LogP contribution in [0, 0.1) is 6.92 Å². The highest BCUT2D eigenvalue weighted by Crippen LogP contribution is 2.25. The van der Waals surface area contributed by atoms with Gasteiger partial charge in [0.05, 0.1) is 12.0 Å². The molecule has 0 atom stereocenters. The Kier molecular flexibility index (Phi) is 2.81. The number of nitrogens with zero attached hydrogens (tertiary/aromatic N) is 1. The number of furan rings is 1. The molecule has 0 radical (unpaired) electrons. The van der Waals surface area contributed by atoms with Crippen molar-refractivity contribution in [1.82, 2.24) is 4.90 Å². The van der Waals surface area contributed by atoms with Crippen molar-refractivity contribution in [3.8, 4) is 0 Å². The molecule has 1 aliphatic heterocycles. The minimum absolute atomic E-state index is 0.0461. The van der Waals surface area contributed by atoms with Crippen LogP contribution in [-0.4, -0.2) is 28.7 Å². The van der Waals surface area contributed by atoms with E-state index in [0.717, 1.165) is 5.76 Å².